The van der Waals surface area contributed by atoms with E-state index in [0.717, 1.165) is 32.1 Å². The van der Waals surface area contributed by atoms with Crippen LogP contribution in [0.5, 0.6) is 0 Å². The molecule has 2 N–H and O–H groups in total. The number of carbonyl (C=O) groups is 3. The molecule has 1 aliphatic carbocycles. The van der Waals surface area contributed by atoms with Crippen LogP contribution in [0.15, 0.2) is 71.6 Å². The van der Waals surface area contributed by atoms with Crippen molar-refractivity contribution in [2.45, 2.75) is 44.2 Å². The maximum atomic E-state index is 13.7. The van der Waals surface area contributed by atoms with Crippen molar-refractivity contribution in [1.29, 1.82) is 0 Å². The molecular weight excluding hydrogens is 451 g/mol. The van der Waals surface area contributed by atoms with Gasteiger partial charge in [-0.05, 0) is 55.3 Å². The number of hydrogen-bond acceptors (Lipinski definition) is 5. The number of nitrogens with zero attached hydrogens (tertiary/aromatic N) is 2. The van der Waals surface area contributed by atoms with Crippen LogP contribution >= 0.6 is 0 Å². The number of hydrogen-bond donors (Lipinski definition) is 2. The second-order valence-electron chi connectivity index (χ2n) is 8.43. The molecule has 0 aliphatic heterocycles. The zero-order valence-corrected chi connectivity index (χ0v) is 19.2. The van der Waals surface area contributed by atoms with Gasteiger partial charge in [0.1, 0.15) is 11.9 Å². The molecule has 3 amide bonds. The van der Waals surface area contributed by atoms with Crippen LogP contribution in [0.2, 0.25) is 0 Å². The number of halogens is 1. The SMILES string of the molecule is O=C(NCC(=O)N(c1ccc(F)cc1)[C@H](C(=O)NC1CCCCC1)c1cccnc1)c1ccco1. The summed E-state index contributed by atoms with van der Waals surface area (Å²) in [6.07, 6.45) is 9.39. The Morgan fingerprint density at radius 3 is 2.49 bits per heavy atom. The first-order valence-corrected chi connectivity index (χ1v) is 11.6. The van der Waals surface area contributed by atoms with E-state index in [-0.39, 0.29) is 17.7 Å². The highest BCUT2D eigenvalue weighted by atomic mass is 19.1. The quantitative estimate of drug-likeness (QED) is 0.513. The molecule has 0 unspecified atom stereocenters. The van der Waals surface area contributed by atoms with Crippen LogP contribution in [-0.4, -0.2) is 35.3 Å². The van der Waals surface area contributed by atoms with Crippen molar-refractivity contribution in [2.24, 2.45) is 0 Å². The van der Waals surface area contributed by atoms with E-state index in [2.05, 4.69) is 15.6 Å². The maximum Gasteiger partial charge on any atom is 0.287 e. The van der Waals surface area contributed by atoms with Crippen molar-refractivity contribution < 1.29 is 23.2 Å². The molecule has 2 heterocycles. The lowest BCUT2D eigenvalue weighted by Gasteiger charge is -2.33. The summed E-state index contributed by atoms with van der Waals surface area (Å²) in [6.45, 7) is -0.398. The number of benzene rings is 1. The number of pyridine rings is 1. The number of anilines is 1. The molecule has 2 aromatic heterocycles. The smallest absolute Gasteiger partial charge is 0.287 e. The van der Waals surface area contributed by atoms with Gasteiger partial charge in [0, 0.05) is 29.7 Å². The Labute approximate surface area is 202 Å². The average molecular weight is 479 g/mol. The Hall–Kier alpha value is -4.01. The Morgan fingerprint density at radius 2 is 1.83 bits per heavy atom. The molecule has 182 valence electrons. The summed E-state index contributed by atoms with van der Waals surface area (Å²) in [4.78, 5) is 44.9. The molecular formula is C26H27FN4O4. The van der Waals surface area contributed by atoms with Gasteiger partial charge in [0.05, 0.1) is 12.8 Å². The molecule has 0 bridgehead atoms. The number of furan rings is 1. The number of rotatable bonds is 8. The molecule has 8 nitrogen and oxygen atoms in total. The van der Waals surface area contributed by atoms with E-state index in [9.17, 15) is 18.8 Å². The number of nitrogens with one attached hydrogen (secondary N) is 2. The van der Waals surface area contributed by atoms with Crippen molar-refractivity contribution >= 4 is 23.4 Å². The molecule has 0 saturated heterocycles. The van der Waals surface area contributed by atoms with Crippen molar-refractivity contribution in [3.05, 3.63) is 84.3 Å². The van der Waals surface area contributed by atoms with Gasteiger partial charge in [0.25, 0.3) is 5.91 Å². The average Bonchev–Trinajstić information content (AvgIpc) is 3.43. The largest absolute Gasteiger partial charge is 0.459 e. The summed E-state index contributed by atoms with van der Waals surface area (Å²) < 4.78 is 18.8. The van der Waals surface area contributed by atoms with Gasteiger partial charge in [0.2, 0.25) is 11.8 Å². The van der Waals surface area contributed by atoms with E-state index in [1.807, 2.05) is 0 Å². The van der Waals surface area contributed by atoms with Gasteiger partial charge in [0.15, 0.2) is 5.76 Å². The summed E-state index contributed by atoms with van der Waals surface area (Å²) in [6, 6.07) is 10.7. The Morgan fingerprint density at radius 1 is 1.06 bits per heavy atom. The normalized spacial score (nSPS) is 14.7. The third-order valence-corrected chi connectivity index (χ3v) is 5.98. The molecule has 0 radical (unpaired) electrons. The Kier molecular flexibility index (Phi) is 7.87. The van der Waals surface area contributed by atoms with E-state index in [1.165, 1.54) is 47.7 Å². The molecule has 4 rings (SSSR count). The van der Waals surface area contributed by atoms with E-state index in [0.29, 0.717) is 11.3 Å². The fourth-order valence-corrected chi connectivity index (χ4v) is 4.26. The summed E-state index contributed by atoms with van der Waals surface area (Å²) in [5.41, 5.74) is 0.812. The van der Waals surface area contributed by atoms with Crippen molar-refractivity contribution in [2.75, 3.05) is 11.4 Å². The number of carbonyl (C=O) groups excluding carboxylic acids is 3. The van der Waals surface area contributed by atoms with Crippen molar-refractivity contribution in [1.82, 2.24) is 15.6 Å². The van der Waals surface area contributed by atoms with Gasteiger partial charge in [-0.2, -0.15) is 0 Å². The lowest BCUT2D eigenvalue weighted by molar-refractivity contribution is -0.127. The Bertz CT molecular complexity index is 1130. The Balaban J connectivity index is 1.65. The first-order valence-electron chi connectivity index (χ1n) is 11.6. The second kappa shape index (κ2) is 11.4. The summed E-state index contributed by atoms with van der Waals surface area (Å²) >= 11 is 0. The summed E-state index contributed by atoms with van der Waals surface area (Å²) in [7, 11) is 0. The van der Waals surface area contributed by atoms with Crippen LogP contribution in [0.3, 0.4) is 0 Å². The highest BCUT2D eigenvalue weighted by molar-refractivity contribution is 6.04. The van der Waals surface area contributed by atoms with Crippen LogP contribution in [0.1, 0.15) is 54.3 Å². The van der Waals surface area contributed by atoms with Gasteiger partial charge in [-0.1, -0.05) is 25.3 Å². The number of amides is 3. The predicted octanol–water partition coefficient (Wildman–Crippen LogP) is 3.77. The van der Waals surface area contributed by atoms with Gasteiger partial charge < -0.3 is 15.1 Å². The van der Waals surface area contributed by atoms with E-state index in [4.69, 9.17) is 4.42 Å². The first kappa shape index (κ1) is 24.1. The highest BCUT2D eigenvalue weighted by Crippen LogP contribution is 2.29. The molecule has 35 heavy (non-hydrogen) atoms. The maximum absolute atomic E-state index is 13.7. The minimum atomic E-state index is -1.07. The van der Waals surface area contributed by atoms with Crippen LogP contribution in [0.4, 0.5) is 10.1 Å². The van der Waals surface area contributed by atoms with Crippen LogP contribution in [-0.2, 0) is 9.59 Å². The molecule has 1 aliphatic rings. The molecule has 1 aromatic carbocycles. The molecule has 1 fully saturated rings. The summed E-state index contributed by atoms with van der Waals surface area (Å²) in [5, 5.41) is 5.61. The third kappa shape index (κ3) is 6.11. The van der Waals surface area contributed by atoms with Crippen LogP contribution in [0, 0.1) is 5.82 Å². The van der Waals surface area contributed by atoms with Gasteiger partial charge in [-0.3, -0.25) is 24.3 Å². The zero-order valence-electron chi connectivity index (χ0n) is 19.2. The third-order valence-electron chi connectivity index (χ3n) is 5.98. The topological polar surface area (TPSA) is 105 Å². The lowest BCUT2D eigenvalue weighted by Crippen LogP contribution is -2.49. The monoisotopic (exact) mass is 478 g/mol. The molecule has 9 heteroatoms. The van der Waals surface area contributed by atoms with Crippen molar-refractivity contribution in [3.8, 4) is 0 Å². The van der Waals surface area contributed by atoms with Gasteiger partial charge in [-0.25, -0.2) is 4.39 Å². The number of aromatic nitrogens is 1. The van der Waals surface area contributed by atoms with E-state index >= 15 is 0 Å². The zero-order chi connectivity index (χ0) is 24.6. The minimum absolute atomic E-state index is 0.0132. The van der Waals surface area contributed by atoms with E-state index < -0.39 is 30.2 Å². The fraction of sp³-hybridized carbons (Fsp3) is 0.308. The standard InChI is InChI=1S/C26H27FN4O4/c27-19-10-12-21(13-11-19)31(23(32)17-29-25(33)22-9-5-15-35-22)24(18-6-4-14-28-16-18)26(34)30-20-7-2-1-3-8-20/h4-6,9-16,20,24H,1-3,7-8,17H2,(H,29,33)(H,30,34)/t24-/m0/s1. The molecule has 1 atom stereocenters. The van der Waals surface area contributed by atoms with Crippen LogP contribution in [0.25, 0.3) is 0 Å². The summed E-state index contributed by atoms with van der Waals surface area (Å²) in [5.74, 6) is -1.89. The molecule has 0 spiro atoms. The van der Waals surface area contributed by atoms with Gasteiger partial charge >= 0.3 is 0 Å². The van der Waals surface area contributed by atoms with Crippen LogP contribution < -0.4 is 15.5 Å². The first-order chi connectivity index (χ1) is 17.0. The van der Waals surface area contributed by atoms with Crippen molar-refractivity contribution in [3.63, 3.8) is 0 Å². The lowest BCUT2D eigenvalue weighted by atomic mass is 9.94. The second-order valence-corrected chi connectivity index (χ2v) is 8.43. The predicted molar refractivity (Wildman–Crippen MR) is 127 cm³/mol. The fourth-order valence-electron chi connectivity index (χ4n) is 4.26. The van der Waals surface area contributed by atoms with Gasteiger partial charge in [-0.15, -0.1) is 0 Å². The van der Waals surface area contributed by atoms with E-state index in [1.54, 1.807) is 24.4 Å². The minimum Gasteiger partial charge on any atom is -0.459 e. The molecule has 3 aromatic rings. The highest BCUT2D eigenvalue weighted by Gasteiger charge is 2.34. The molecule has 1 saturated carbocycles.